The number of ether oxygens (including phenoxy) is 1. The fourth-order valence-electron chi connectivity index (χ4n) is 1.89. The molecule has 7 heteroatoms. The number of halogens is 1. The Morgan fingerprint density at radius 3 is 2.26 bits per heavy atom. The molecule has 0 atom stereocenters. The van der Waals surface area contributed by atoms with E-state index in [0.717, 1.165) is 11.8 Å². The minimum Gasteiger partial charge on any atom is -0.427 e. The molecule has 0 saturated heterocycles. The fourth-order valence-corrected chi connectivity index (χ4v) is 2.58. The Hall–Kier alpha value is -2.05. The molecule has 0 aromatic heterocycles. The number of carbonyl (C=O) groups excluding carboxylic acids is 1. The first-order valence-electron chi connectivity index (χ1n) is 6.85. The summed E-state index contributed by atoms with van der Waals surface area (Å²) >= 11 is 5.80. The summed E-state index contributed by atoms with van der Waals surface area (Å²) in [4.78, 5) is 11.8. The third kappa shape index (κ3) is 6.30. The van der Waals surface area contributed by atoms with Crippen molar-refractivity contribution in [1.29, 1.82) is 0 Å². The highest BCUT2D eigenvalue weighted by Gasteiger charge is 2.07. The average Bonchev–Trinajstić information content (AvgIpc) is 2.47. The first kappa shape index (κ1) is 17.3. The molecule has 5 nitrogen and oxygen atoms in total. The Morgan fingerprint density at radius 2 is 1.70 bits per heavy atom. The van der Waals surface area contributed by atoms with Crippen molar-refractivity contribution >= 4 is 33.3 Å². The van der Waals surface area contributed by atoms with E-state index in [2.05, 4.69) is 4.72 Å². The molecule has 0 aliphatic heterocycles. The molecule has 0 spiro atoms. The lowest BCUT2D eigenvalue weighted by Gasteiger charge is -2.07. The zero-order valence-electron chi connectivity index (χ0n) is 12.5. The van der Waals surface area contributed by atoms with Crippen LogP contribution < -0.4 is 9.46 Å². The molecule has 0 fully saturated rings. The van der Waals surface area contributed by atoms with E-state index in [0.29, 0.717) is 22.9 Å². The Balaban J connectivity index is 1.86. The van der Waals surface area contributed by atoms with Gasteiger partial charge in [0.2, 0.25) is 10.0 Å². The molecule has 0 bridgehead atoms. The van der Waals surface area contributed by atoms with E-state index in [4.69, 9.17) is 16.3 Å². The molecule has 0 aliphatic carbocycles. The smallest absolute Gasteiger partial charge is 0.311 e. The molecular weight excluding hydrogens is 338 g/mol. The van der Waals surface area contributed by atoms with E-state index in [1.54, 1.807) is 12.1 Å². The number of anilines is 1. The second-order valence-corrected chi connectivity index (χ2v) is 7.18. The van der Waals surface area contributed by atoms with Crippen LogP contribution in [0.3, 0.4) is 0 Å². The van der Waals surface area contributed by atoms with Gasteiger partial charge in [-0.15, -0.1) is 0 Å². The molecule has 1 N–H and O–H groups in total. The summed E-state index contributed by atoms with van der Waals surface area (Å²) in [5.74, 6) is 0.00827. The van der Waals surface area contributed by atoms with Gasteiger partial charge < -0.3 is 4.74 Å². The molecule has 0 amide bonds. The Bertz CT molecular complexity index is 771. The van der Waals surface area contributed by atoms with Gasteiger partial charge >= 0.3 is 5.97 Å². The van der Waals surface area contributed by atoms with Crippen LogP contribution in [0.15, 0.2) is 48.5 Å². The van der Waals surface area contributed by atoms with Gasteiger partial charge in [0.25, 0.3) is 0 Å². The zero-order chi connectivity index (χ0) is 16.9. The lowest BCUT2D eigenvalue weighted by Crippen LogP contribution is -2.10. The zero-order valence-corrected chi connectivity index (χ0v) is 14.0. The number of hydrogen-bond acceptors (Lipinski definition) is 4. The predicted molar refractivity (Wildman–Crippen MR) is 90.3 cm³/mol. The SMILES string of the molecule is CS(=O)(=O)Nc1ccc(OC(=O)CCc2ccc(Cl)cc2)cc1. The second kappa shape index (κ2) is 7.48. The van der Waals surface area contributed by atoms with Crippen molar-refractivity contribution in [2.45, 2.75) is 12.8 Å². The van der Waals surface area contributed by atoms with Crippen LogP contribution in [-0.4, -0.2) is 20.6 Å². The Morgan fingerprint density at radius 1 is 1.09 bits per heavy atom. The van der Waals surface area contributed by atoms with E-state index >= 15 is 0 Å². The van der Waals surface area contributed by atoms with E-state index in [-0.39, 0.29) is 12.4 Å². The summed E-state index contributed by atoms with van der Waals surface area (Å²) in [5, 5.41) is 0.652. The van der Waals surface area contributed by atoms with Gasteiger partial charge in [0.15, 0.2) is 0 Å². The van der Waals surface area contributed by atoms with Crippen LogP contribution in [0.5, 0.6) is 5.75 Å². The average molecular weight is 354 g/mol. The van der Waals surface area contributed by atoms with Gasteiger partial charge in [0, 0.05) is 17.1 Å². The highest BCUT2D eigenvalue weighted by Crippen LogP contribution is 2.17. The van der Waals surface area contributed by atoms with Gasteiger partial charge in [0.05, 0.1) is 6.26 Å². The van der Waals surface area contributed by atoms with Crippen LogP contribution in [0.25, 0.3) is 0 Å². The number of sulfonamides is 1. The van der Waals surface area contributed by atoms with Gasteiger partial charge in [-0.2, -0.15) is 0 Å². The lowest BCUT2D eigenvalue weighted by molar-refractivity contribution is -0.134. The van der Waals surface area contributed by atoms with Gasteiger partial charge in [-0.1, -0.05) is 23.7 Å². The molecule has 0 unspecified atom stereocenters. The topological polar surface area (TPSA) is 72.5 Å². The number of aryl methyl sites for hydroxylation is 1. The molecule has 122 valence electrons. The minimum atomic E-state index is -3.32. The third-order valence-corrected chi connectivity index (χ3v) is 3.78. The first-order valence-corrected chi connectivity index (χ1v) is 9.12. The minimum absolute atomic E-state index is 0.241. The molecule has 0 aliphatic rings. The molecule has 2 aromatic carbocycles. The number of esters is 1. The van der Waals surface area contributed by atoms with Crippen LogP contribution in [0.4, 0.5) is 5.69 Å². The van der Waals surface area contributed by atoms with Crippen molar-refractivity contribution in [2.75, 3.05) is 11.0 Å². The van der Waals surface area contributed by atoms with Gasteiger partial charge in [0.1, 0.15) is 5.75 Å². The first-order chi connectivity index (χ1) is 10.8. The quantitative estimate of drug-likeness (QED) is 0.639. The Labute approximate surface area is 140 Å². The highest BCUT2D eigenvalue weighted by molar-refractivity contribution is 7.92. The number of carbonyl (C=O) groups is 1. The molecule has 0 saturated carbocycles. The summed E-state index contributed by atoms with van der Waals surface area (Å²) in [6, 6.07) is 13.4. The summed E-state index contributed by atoms with van der Waals surface area (Å²) < 4.78 is 29.7. The molecule has 23 heavy (non-hydrogen) atoms. The van der Waals surface area contributed by atoms with E-state index in [9.17, 15) is 13.2 Å². The molecular formula is C16H16ClNO4S. The Kier molecular flexibility index (Phi) is 5.63. The van der Waals surface area contributed by atoms with Crippen molar-refractivity contribution in [3.05, 3.63) is 59.1 Å². The summed E-state index contributed by atoms with van der Waals surface area (Å²) in [7, 11) is -3.32. The van der Waals surface area contributed by atoms with Crippen LogP contribution in [0.1, 0.15) is 12.0 Å². The van der Waals surface area contributed by atoms with Crippen LogP contribution in [0, 0.1) is 0 Å². The van der Waals surface area contributed by atoms with Crippen LogP contribution >= 0.6 is 11.6 Å². The summed E-state index contributed by atoms with van der Waals surface area (Å²) in [6.45, 7) is 0. The standard InChI is InChI=1S/C16H16ClNO4S/c1-23(20,21)18-14-7-9-15(10-8-14)22-16(19)11-4-12-2-5-13(17)6-3-12/h2-3,5-10,18H,4,11H2,1H3. The largest absolute Gasteiger partial charge is 0.427 e. The van der Waals surface area contributed by atoms with E-state index < -0.39 is 10.0 Å². The van der Waals surface area contributed by atoms with Crippen molar-refractivity contribution < 1.29 is 17.9 Å². The molecule has 0 radical (unpaired) electrons. The van der Waals surface area contributed by atoms with E-state index in [1.807, 2.05) is 12.1 Å². The monoisotopic (exact) mass is 353 g/mol. The number of nitrogens with one attached hydrogen (secondary N) is 1. The summed E-state index contributed by atoms with van der Waals surface area (Å²) in [5.41, 5.74) is 1.41. The number of benzene rings is 2. The second-order valence-electron chi connectivity index (χ2n) is 5.00. The number of hydrogen-bond donors (Lipinski definition) is 1. The maximum absolute atomic E-state index is 11.8. The van der Waals surface area contributed by atoms with Gasteiger partial charge in [-0.25, -0.2) is 8.42 Å². The van der Waals surface area contributed by atoms with E-state index in [1.165, 1.54) is 24.3 Å². The lowest BCUT2D eigenvalue weighted by atomic mass is 10.1. The van der Waals surface area contributed by atoms with Gasteiger partial charge in [-0.05, 0) is 48.4 Å². The molecule has 0 heterocycles. The maximum Gasteiger partial charge on any atom is 0.311 e. The van der Waals surface area contributed by atoms with Crippen molar-refractivity contribution in [3.63, 3.8) is 0 Å². The van der Waals surface area contributed by atoms with Crippen molar-refractivity contribution in [2.24, 2.45) is 0 Å². The van der Waals surface area contributed by atoms with Gasteiger partial charge in [-0.3, -0.25) is 9.52 Å². The summed E-state index contributed by atoms with van der Waals surface area (Å²) in [6.07, 6.45) is 1.87. The van der Waals surface area contributed by atoms with Crippen LogP contribution in [0.2, 0.25) is 5.02 Å². The molecule has 2 aromatic rings. The van der Waals surface area contributed by atoms with Crippen molar-refractivity contribution in [3.8, 4) is 5.75 Å². The highest BCUT2D eigenvalue weighted by atomic mass is 35.5. The molecule has 2 rings (SSSR count). The number of rotatable bonds is 6. The fraction of sp³-hybridized carbons (Fsp3) is 0.188. The predicted octanol–water partition coefficient (Wildman–Crippen LogP) is 3.25. The van der Waals surface area contributed by atoms with Crippen LogP contribution in [-0.2, 0) is 21.2 Å². The third-order valence-electron chi connectivity index (χ3n) is 2.92. The normalized spacial score (nSPS) is 11.0. The van der Waals surface area contributed by atoms with Crippen molar-refractivity contribution in [1.82, 2.24) is 0 Å². The maximum atomic E-state index is 11.8.